The van der Waals surface area contributed by atoms with Gasteiger partial charge in [-0.1, -0.05) is 11.8 Å². The highest BCUT2D eigenvalue weighted by molar-refractivity contribution is 7.98. The van der Waals surface area contributed by atoms with Crippen molar-refractivity contribution in [2.24, 2.45) is 0 Å². The fourth-order valence-electron chi connectivity index (χ4n) is 3.48. The zero-order chi connectivity index (χ0) is 20.1. The second-order valence-corrected chi connectivity index (χ2v) is 8.03. The maximum absolute atomic E-state index is 12.5. The van der Waals surface area contributed by atoms with E-state index in [9.17, 15) is 4.79 Å². The minimum atomic E-state index is -0.0841. The van der Waals surface area contributed by atoms with Gasteiger partial charge in [-0.3, -0.25) is 4.79 Å². The van der Waals surface area contributed by atoms with Gasteiger partial charge in [-0.15, -0.1) is 0 Å². The Bertz CT molecular complexity index is 832. The predicted octanol–water partition coefficient (Wildman–Crippen LogP) is 2.58. The summed E-state index contributed by atoms with van der Waals surface area (Å²) in [5.74, 6) is 2.53. The number of hydrogen-bond donors (Lipinski definition) is 0. The van der Waals surface area contributed by atoms with Crippen molar-refractivity contribution < 1.29 is 18.7 Å². The van der Waals surface area contributed by atoms with Crippen LogP contribution in [0.5, 0.6) is 0 Å². The van der Waals surface area contributed by atoms with Crippen LogP contribution in [0, 0.1) is 0 Å². The van der Waals surface area contributed by atoms with E-state index in [1.807, 2.05) is 12.1 Å². The van der Waals surface area contributed by atoms with Gasteiger partial charge < -0.3 is 23.7 Å². The monoisotopic (exact) mass is 418 g/mol. The van der Waals surface area contributed by atoms with Crippen molar-refractivity contribution in [2.45, 2.75) is 30.4 Å². The van der Waals surface area contributed by atoms with E-state index in [0.717, 1.165) is 30.4 Å². The minimum absolute atomic E-state index is 0.0841. The van der Waals surface area contributed by atoms with Crippen molar-refractivity contribution in [3.63, 3.8) is 0 Å². The molecule has 2 aliphatic rings. The van der Waals surface area contributed by atoms with Crippen LogP contribution in [0.25, 0.3) is 0 Å². The molecule has 2 saturated heterocycles. The summed E-state index contributed by atoms with van der Waals surface area (Å²) in [5.41, 5.74) is 0.870. The van der Waals surface area contributed by atoms with Crippen LogP contribution in [0.2, 0.25) is 0 Å². The summed E-state index contributed by atoms with van der Waals surface area (Å²) in [5, 5.41) is 0.693. The largest absolute Gasteiger partial charge is 0.455 e. The number of anilines is 1. The van der Waals surface area contributed by atoms with Crippen LogP contribution in [-0.4, -0.2) is 67.3 Å². The van der Waals surface area contributed by atoms with Gasteiger partial charge in [-0.25, -0.2) is 9.97 Å². The Hall–Kier alpha value is -2.10. The molecule has 2 aliphatic heterocycles. The highest BCUT2D eigenvalue weighted by Gasteiger charge is 2.22. The summed E-state index contributed by atoms with van der Waals surface area (Å²) in [6.45, 7) is 4.85. The molecule has 2 aromatic heterocycles. The Morgan fingerprint density at radius 3 is 2.72 bits per heavy atom. The molecule has 4 rings (SSSR count). The molecule has 0 aliphatic carbocycles. The number of carbonyl (C=O) groups is 1. The van der Waals surface area contributed by atoms with E-state index >= 15 is 0 Å². The van der Waals surface area contributed by atoms with Gasteiger partial charge in [0.15, 0.2) is 10.9 Å². The molecule has 2 aromatic rings. The van der Waals surface area contributed by atoms with E-state index < -0.39 is 0 Å². The maximum atomic E-state index is 12.5. The van der Waals surface area contributed by atoms with Crippen molar-refractivity contribution in [1.82, 2.24) is 14.9 Å². The molecule has 0 aromatic carbocycles. The predicted molar refractivity (Wildman–Crippen MR) is 109 cm³/mol. The Kier molecular flexibility index (Phi) is 6.68. The normalized spacial score (nSPS) is 17.1. The third-order valence-electron chi connectivity index (χ3n) is 4.98. The number of amides is 1. The van der Waals surface area contributed by atoms with E-state index in [1.54, 1.807) is 18.1 Å². The Labute approximate surface area is 174 Å². The number of rotatable bonds is 7. The van der Waals surface area contributed by atoms with Crippen LogP contribution in [0.3, 0.4) is 0 Å². The lowest BCUT2D eigenvalue weighted by Crippen LogP contribution is -2.40. The molecule has 0 spiro atoms. The van der Waals surface area contributed by atoms with Crippen LogP contribution in [-0.2, 0) is 21.8 Å². The van der Waals surface area contributed by atoms with Gasteiger partial charge in [-0.2, -0.15) is 0 Å². The molecule has 0 saturated carbocycles. The molecule has 156 valence electrons. The summed E-state index contributed by atoms with van der Waals surface area (Å²) in [6.07, 6.45) is 2.39. The van der Waals surface area contributed by atoms with Crippen molar-refractivity contribution in [2.75, 3.05) is 51.4 Å². The first kappa shape index (κ1) is 20.2. The highest BCUT2D eigenvalue weighted by Crippen LogP contribution is 2.26. The molecule has 4 heterocycles. The third kappa shape index (κ3) is 5.09. The number of nitrogens with zero attached hydrogens (tertiary/aromatic N) is 4. The number of furan rings is 1. The molecule has 0 bridgehead atoms. The zero-order valence-electron chi connectivity index (χ0n) is 16.6. The average Bonchev–Trinajstić information content (AvgIpc) is 3.45. The third-order valence-corrected chi connectivity index (χ3v) is 5.85. The first-order valence-electron chi connectivity index (χ1n) is 9.93. The Morgan fingerprint density at radius 2 is 1.97 bits per heavy atom. The van der Waals surface area contributed by atoms with E-state index in [-0.39, 0.29) is 5.91 Å². The topological polar surface area (TPSA) is 80.9 Å². The van der Waals surface area contributed by atoms with E-state index in [1.165, 1.54) is 24.6 Å². The molecule has 0 atom stereocenters. The number of morpholine rings is 1. The molecule has 2 fully saturated rings. The molecule has 29 heavy (non-hydrogen) atoms. The molecule has 0 radical (unpaired) electrons. The maximum Gasteiger partial charge on any atom is 0.289 e. The molecule has 0 N–H and O–H groups in total. The Balaban J connectivity index is 1.42. The number of carbonyl (C=O) groups excluding carboxylic acids is 1. The van der Waals surface area contributed by atoms with Gasteiger partial charge in [0.1, 0.15) is 11.6 Å². The fourth-order valence-corrected chi connectivity index (χ4v) is 4.25. The Morgan fingerprint density at radius 1 is 1.17 bits per heavy atom. The van der Waals surface area contributed by atoms with Crippen LogP contribution < -0.4 is 4.90 Å². The quantitative estimate of drug-likeness (QED) is 0.501. The van der Waals surface area contributed by atoms with Crippen molar-refractivity contribution >= 4 is 23.5 Å². The van der Waals surface area contributed by atoms with E-state index in [4.69, 9.17) is 18.9 Å². The van der Waals surface area contributed by atoms with Gasteiger partial charge in [0, 0.05) is 39.4 Å². The second kappa shape index (κ2) is 9.60. The van der Waals surface area contributed by atoms with Gasteiger partial charge in [0.25, 0.3) is 5.91 Å². The fraction of sp³-hybridized carbons (Fsp3) is 0.550. The molecule has 1 amide bonds. The lowest BCUT2D eigenvalue weighted by molar-refractivity contribution is 0.0282. The SMILES string of the molecule is COCc1cc(N2CCCC2)nc(SCc2ccc(C(=O)N3CCOCC3)o2)n1. The smallest absolute Gasteiger partial charge is 0.289 e. The number of aromatic nitrogens is 2. The number of thioether (sulfide) groups is 1. The molecule has 8 nitrogen and oxygen atoms in total. The van der Waals surface area contributed by atoms with Crippen LogP contribution in [0.4, 0.5) is 5.82 Å². The van der Waals surface area contributed by atoms with Gasteiger partial charge >= 0.3 is 0 Å². The molecular formula is C20H26N4O4S. The minimum Gasteiger partial charge on any atom is -0.455 e. The van der Waals surface area contributed by atoms with E-state index in [2.05, 4.69) is 9.88 Å². The summed E-state index contributed by atoms with van der Waals surface area (Å²) in [6, 6.07) is 5.59. The molecular weight excluding hydrogens is 392 g/mol. The molecule has 0 unspecified atom stereocenters. The number of methoxy groups -OCH3 is 1. The van der Waals surface area contributed by atoms with Gasteiger partial charge in [-0.05, 0) is 25.0 Å². The lowest BCUT2D eigenvalue weighted by Gasteiger charge is -2.25. The summed E-state index contributed by atoms with van der Waals surface area (Å²) < 4.78 is 16.3. The van der Waals surface area contributed by atoms with Crippen molar-refractivity contribution in [3.8, 4) is 0 Å². The lowest BCUT2D eigenvalue weighted by atomic mass is 10.3. The summed E-state index contributed by atoms with van der Waals surface area (Å²) >= 11 is 1.50. The van der Waals surface area contributed by atoms with Crippen molar-refractivity contribution in [3.05, 3.63) is 35.4 Å². The summed E-state index contributed by atoms with van der Waals surface area (Å²) in [7, 11) is 1.67. The van der Waals surface area contributed by atoms with Crippen LogP contribution in [0.15, 0.2) is 27.8 Å². The second-order valence-electron chi connectivity index (χ2n) is 7.09. The van der Waals surface area contributed by atoms with Crippen LogP contribution in [0.1, 0.15) is 34.9 Å². The first-order chi connectivity index (χ1) is 14.2. The molecule has 9 heteroatoms. The first-order valence-corrected chi connectivity index (χ1v) is 10.9. The van der Waals surface area contributed by atoms with E-state index in [0.29, 0.717) is 49.6 Å². The number of hydrogen-bond acceptors (Lipinski definition) is 8. The standard InChI is InChI=1S/C20H26N4O4S/c1-26-13-15-12-18(23-6-2-3-7-23)22-20(21-15)29-14-16-4-5-17(28-16)19(25)24-8-10-27-11-9-24/h4-5,12H,2-3,6-11,13-14H2,1H3. The van der Waals surface area contributed by atoms with Crippen LogP contribution >= 0.6 is 11.8 Å². The van der Waals surface area contributed by atoms with Gasteiger partial charge in [0.2, 0.25) is 0 Å². The van der Waals surface area contributed by atoms with Crippen molar-refractivity contribution in [1.29, 1.82) is 0 Å². The van der Waals surface area contributed by atoms with Gasteiger partial charge in [0.05, 0.1) is 31.3 Å². The number of ether oxygens (including phenoxy) is 2. The zero-order valence-corrected chi connectivity index (χ0v) is 17.4. The summed E-state index contributed by atoms with van der Waals surface area (Å²) in [4.78, 5) is 25.9. The highest BCUT2D eigenvalue weighted by atomic mass is 32.2. The average molecular weight is 419 g/mol.